The van der Waals surface area contributed by atoms with Crippen molar-refractivity contribution >= 4 is 39.0 Å². The zero-order valence-electron chi connectivity index (χ0n) is 33.8. The van der Waals surface area contributed by atoms with Crippen LogP contribution in [0, 0.1) is 12.1 Å². The maximum atomic E-state index is 5.24. The van der Waals surface area contributed by atoms with Gasteiger partial charge in [-0.15, -0.1) is 17.7 Å². The molecule has 0 spiro atoms. The minimum Gasteiger partial charge on any atom is -0.657 e. The Labute approximate surface area is 324 Å². The zero-order valence-corrected chi connectivity index (χ0v) is 35.9. The molecule has 4 nitrogen and oxygen atoms in total. The summed E-state index contributed by atoms with van der Waals surface area (Å²) in [5.41, 5.74) is 9.91. The summed E-state index contributed by atoms with van der Waals surface area (Å²) in [7, 11) is 0. The molecule has 0 unspecified atom stereocenters. The van der Waals surface area contributed by atoms with Crippen LogP contribution in [0.15, 0.2) is 90.0 Å². The van der Waals surface area contributed by atoms with Crippen molar-refractivity contribution in [1.29, 1.82) is 0 Å². The van der Waals surface area contributed by atoms with Crippen LogP contribution >= 0.6 is 0 Å². The summed E-state index contributed by atoms with van der Waals surface area (Å²) in [5, 5.41) is 9.82. The predicted octanol–water partition coefficient (Wildman–Crippen LogP) is 12.6. The topological polar surface area (TPSA) is 32.9 Å². The van der Waals surface area contributed by atoms with Crippen molar-refractivity contribution in [3.63, 3.8) is 0 Å². The van der Waals surface area contributed by atoms with Crippen LogP contribution in [0.2, 0.25) is 0 Å². The molecule has 1 aliphatic heterocycles. The van der Waals surface area contributed by atoms with Crippen molar-refractivity contribution in [2.45, 2.75) is 126 Å². The first-order chi connectivity index (χ1) is 22.9. The Hall–Kier alpha value is -3.31. The molecule has 0 saturated heterocycles. The summed E-state index contributed by atoms with van der Waals surface area (Å²) in [5.74, 6) is 1.05. The van der Waals surface area contributed by atoms with Crippen molar-refractivity contribution in [2.75, 3.05) is 9.91 Å². The first-order valence-corrected chi connectivity index (χ1v) is 18.2. The van der Waals surface area contributed by atoms with Crippen LogP contribution in [-0.4, -0.2) is 5.84 Å². The molecule has 0 saturated carbocycles. The first-order valence-electron chi connectivity index (χ1n) is 18.2. The minimum absolute atomic E-state index is 0. The van der Waals surface area contributed by atoms with Crippen LogP contribution in [0.25, 0.3) is 21.8 Å². The molecule has 0 atom stereocenters. The van der Waals surface area contributed by atoms with Crippen molar-refractivity contribution < 1.29 is 22.4 Å². The molecule has 51 heavy (non-hydrogen) atoms. The maximum absolute atomic E-state index is 5.24. The molecule has 6 rings (SSSR count). The molecule has 2 heterocycles. The molecule has 0 N–H and O–H groups in total. The number of benzene rings is 4. The number of hydrogen-bond acceptors (Lipinski definition) is 3. The number of anilines is 2. The van der Waals surface area contributed by atoms with E-state index in [4.69, 9.17) is 5.10 Å². The maximum Gasteiger partial charge on any atom is 0.104 e. The number of nitrogens with zero attached hydrogens (tertiary/aromatic N) is 4. The Morgan fingerprint density at radius 3 is 1.18 bits per heavy atom. The normalized spacial score (nSPS) is 14.4. The summed E-state index contributed by atoms with van der Waals surface area (Å²) in [6, 6.07) is 30.6. The number of para-hydroxylation sites is 2. The van der Waals surface area contributed by atoms with Crippen LogP contribution in [0.5, 0.6) is 0 Å². The molecule has 0 bridgehead atoms. The van der Waals surface area contributed by atoms with E-state index in [0.29, 0.717) is 0 Å². The SMILES string of the molecule is CC(C)(C)C1=NN(c2cc(C(C)(C)C)cc(C(C)(C)C)c2)[CH-]N1c1cc(C(C)(C)C)cc(C(C)(C)C)c1.[Au].c1ccc2c(c1)[n-]c1ccccc12. The molecule has 0 fully saturated rings. The summed E-state index contributed by atoms with van der Waals surface area (Å²) in [4.78, 5) is 6.83. The van der Waals surface area contributed by atoms with Crippen molar-refractivity contribution in [3.05, 3.63) is 114 Å². The fourth-order valence-corrected chi connectivity index (χ4v) is 6.12. The third-order valence-corrected chi connectivity index (χ3v) is 9.51. The predicted molar refractivity (Wildman–Crippen MR) is 219 cm³/mol. The molecule has 0 aliphatic carbocycles. The Morgan fingerprint density at radius 1 is 0.471 bits per heavy atom. The number of aromatic nitrogens is 1. The van der Waals surface area contributed by atoms with Gasteiger partial charge in [-0.3, -0.25) is 0 Å². The van der Waals surface area contributed by atoms with E-state index in [2.05, 4.69) is 198 Å². The van der Waals surface area contributed by atoms with Crippen molar-refractivity contribution in [3.8, 4) is 0 Å². The quantitative estimate of drug-likeness (QED) is 0.131. The van der Waals surface area contributed by atoms with E-state index < -0.39 is 0 Å². The number of rotatable bonds is 2. The standard InChI is InChI=1S/C34H52N3.C12H8N.Au/c1-30(2,3)23-16-24(31(4,5)6)19-27(18-23)36-22-37(35-29(36)34(13,14)15)28-20-25(32(7,8)9)17-26(21-28)33(10,11)12;1-3-7-11-9(5-1)10-6-2-4-8-12(10)13-11;/h16-22H,1-15H3;1-8H;/q2*-1;. The fraction of sp³-hybridized carbons (Fsp3) is 0.435. The largest absolute Gasteiger partial charge is 0.657 e. The molecule has 1 aliphatic rings. The fourth-order valence-electron chi connectivity index (χ4n) is 6.12. The Morgan fingerprint density at radius 2 is 0.824 bits per heavy atom. The summed E-state index contributed by atoms with van der Waals surface area (Å²) >= 11 is 0. The molecule has 1 aromatic heterocycles. The van der Waals surface area contributed by atoms with E-state index in [-0.39, 0.29) is 49.5 Å². The third-order valence-electron chi connectivity index (χ3n) is 9.51. The monoisotopic (exact) mass is 865 g/mol. The number of hydrazone groups is 1. The second-order valence-corrected chi connectivity index (χ2v) is 19.2. The molecule has 1 radical (unpaired) electrons. The van der Waals surface area contributed by atoms with Gasteiger partial charge in [0.2, 0.25) is 0 Å². The second kappa shape index (κ2) is 14.3. The summed E-state index contributed by atoms with van der Waals surface area (Å²) in [6.07, 6.45) is 0. The van der Waals surface area contributed by atoms with Gasteiger partial charge in [-0.1, -0.05) is 165 Å². The van der Waals surface area contributed by atoms with E-state index in [0.717, 1.165) is 22.6 Å². The Bertz CT molecular complexity index is 1900. The van der Waals surface area contributed by atoms with E-state index in [1.165, 1.54) is 38.7 Å². The number of fused-ring (bicyclic) bond motifs is 3. The Kier molecular flexibility index (Phi) is 11.3. The van der Waals surface area contributed by atoms with Gasteiger partial charge in [0.25, 0.3) is 0 Å². The molecule has 277 valence electrons. The van der Waals surface area contributed by atoms with Gasteiger partial charge in [0.15, 0.2) is 0 Å². The average Bonchev–Trinajstić information content (AvgIpc) is 3.62. The van der Waals surface area contributed by atoms with Gasteiger partial charge >= 0.3 is 0 Å². The molecule has 0 amide bonds. The van der Waals surface area contributed by atoms with Gasteiger partial charge in [-0.05, 0) is 79.0 Å². The number of amidine groups is 1. The zero-order chi connectivity index (χ0) is 37.0. The Balaban J connectivity index is 0.000000343. The van der Waals surface area contributed by atoms with E-state index in [9.17, 15) is 0 Å². The van der Waals surface area contributed by atoms with Crippen LogP contribution in [0.3, 0.4) is 0 Å². The second-order valence-electron chi connectivity index (χ2n) is 19.2. The van der Waals surface area contributed by atoms with E-state index in [1.54, 1.807) is 0 Å². The smallest absolute Gasteiger partial charge is 0.104 e. The van der Waals surface area contributed by atoms with E-state index >= 15 is 0 Å². The van der Waals surface area contributed by atoms with Gasteiger partial charge in [-0.25, -0.2) is 0 Å². The van der Waals surface area contributed by atoms with Crippen LogP contribution in [0.4, 0.5) is 11.4 Å². The van der Waals surface area contributed by atoms with Crippen LogP contribution < -0.4 is 14.9 Å². The van der Waals surface area contributed by atoms with Crippen molar-refractivity contribution in [1.82, 2.24) is 4.98 Å². The molecular formula is C46H60AuN4-2. The van der Waals surface area contributed by atoms with Gasteiger partial charge in [-0.2, -0.15) is 5.10 Å². The van der Waals surface area contributed by atoms with Gasteiger partial charge in [0.05, 0.1) is 0 Å². The van der Waals surface area contributed by atoms with Crippen LogP contribution in [0.1, 0.15) is 126 Å². The van der Waals surface area contributed by atoms with Gasteiger partial charge < -0.3 is 14.9 Å². The van der Waals surface area contributed by atoms with E-state index in [1.807, 2.05) is 12.1 Å². The van der Waals surface area contributed by atoms with Gasteiger partial charge in [0.1, 0.15) is 5.84 Å². The molecule has 4 aromatic carbocycles. The number of hydrogen-bond donors (Lipinski definition) is 0. The molecule has 5 heteroatoms. The summed E-state index contributed by atoms with van der Waals surface area (Å²) < 4.78 is 0. The average molecular weight is 866 g/mol. The molecule has 5 aromatic rings. The third kappa shape index (κ3) is 9.20. The van der Waals surface area contributed by atoms with Crippen LogP contribution in [-0.2, 0) is 44.0 Å². The molecular weight excluding hydrogens is 806 g/mol. The van der Waals surface area contributed by atoms with Gasteiger partial charge in [0, 0.05) is 39.2 Å². The van der Waals surface area contributed by atoms with Crippen molar-refractivity contribution in [2.24, 2.45) is 10.5 Å². The first kappa shape index (κ1) is 40.5. The summed E-state index contributed by atoms with van der Waals surface area (Å²) in [6.45, 7) is 36.4. The minimum atomic E-state index is -0.126.